The highest BCUT2D eigenvalue weighted by atomic mass is 16.5. The van der Waals surface area contributed by atoms with Gasteiger partial charge in [0, 0.05) is 12.1 Å². The number of pyridine rings is 1. The van der Waals surface area contributed by atoms with Gasteiger partial charge in [-0.05, 0) is 57.8 Å². The maximum absolute atomic E-state index is 5.34. The van der Waals surface area contributed by atoms with Gasteiger partial charge in [-0.25, -0.2) is 4.98 Å². The molecule has 1 aliphatic heterocycles. The third kappa shape index (κ3) is 3.38. The molecule has 2 unspecified atom stereocenters. The standard InChI is InChI=1S/C17H27N3O/c1-18-12-13-6-3-4-11-20(14-9-10-14)17(13)15-7-5-8-16(19-15)21-2/h5,7-8,13-14,17-18H,3-4,6,9-12H2,1-2H3. The molecule has 4 nitrogen and oxygen atoms in total. The van der Waals surface area contributed by atoms with Crippen molar-refractivity contribution in [2.45, 2.75) is 44.2 Å². The van der Waals surface area contributed by atoms with Crippen LogP contribution < -0.4 is 10.1 Å². The smallest absolute Gasteiger partial charge is 0.213 e. The molecule has 2 aliphatic rings. The van der Waals surface area contributed by atoms with Crippen LogP contribution in [-0.4, -0.2) is 43.2 Å². The van der Waals surface area contributed by atoms with Crippen molar-refractivity contribution in [3.05, 3.63) is 23.9 Å². The van der Waals surface area contributed by atoms with Crippen LogP contribution in [0.3, 0.4) is 0 Å². The number of hydrogen-bond donors (Lipinski definition) is 1. The molecule has 1 aliphatic carbocycles. The molecule has 0 spiro atoms. The van der Waals surface area contributed by atoms with Crippen LogP contribution in [0, 0.1) is 5.92 Å². The fourth-order valence-corrected chi connectivity index (χ4v) is 3.68. The van der Waals surface area contributed by atoms with Crippen molar-refractivity contribution in [1.29, 1.82) is 0 Å². The molecular weight excluding hydrogens is 262 g/mol. The topological polar surface area (TPSA) is 37.4 Å². The molecule has 4 heteroatoms. The summed E-state index contributed by atoms with van der Waals surface area (Å²) >= 11 is 0. The number of aromatic nitrogens is 1. The van der Waals surface area contributed by atoms with Crippen molar-refractivity contribution in [2.75, 3.05) is 27.2 Å². The van der Waals surface area contributed by atoms with E-state index >= 15 is 0 Å². The van der Waals surface area contributed by atoms with Crippen molar-refractivity contribution >= 4 is 0 Å². The Morgan fingerprint density at radius 3 is 2.86 bits per heavy atom. The fraction of sp³-hybridized carbons (Fsp3) is 0.706. The molecule has 0 radical (unpaired) electrons. The van der Waals surface area contributed by atoms with Gasteiger partial charge in [-0.2, -0.15) is 0 Å². The van der Waals surface area contributed by atoms with E-state index in [9.17, 15) is 0 Å². The molecule has 1 aromatic rings. The van der Waals surface area contributed by atoms with Crippen LogP contribution in [0.5, 0.6) is 5.88 Å². The normalized spacial score (nSPS) is 27.3. The lowest BCUT2D eigenvalue weighted by Gasteiger charge is -2.35. The Morgan fingerprint density at radius 2 is 2.14 bits per heavy atom. The Morgan fingerprint density at radius 1 is 1.29 bits per heavy atom. The van der Waals surface area contributed by atoms with Crippen LogP contribution in [0.4, 0.5) is 0 Å². The van der Waals surface area contributed by atoms with Gasteiger partial charge < -0.3 is 10.1 Å². The zero-order chi connectivity index (χ0) is 14.7. The zero-order valence-electron chi connectivity index (χ0n) is 13.2. The van der Waals surface area contributed by atoms with Crippen LogP contribution in [0.15, 0.2) is 18.2 Å². The molecule has 2 atom stereocenters. The van der Waals surface area contributed by atoms with Crippen LogP contribution in [0.25, 0.3) is 0 Å². The van der Waals surface area contributed by atoms with E-state index in [0.717, 1.165) is 18.5 Å². The Bertz CT molecular complexity index is 461. The second-order valence-corrected chi connectivity index (χ2v) is 6.33. The van der Waals surface area contributed by atoms with Crippen molar-refractivity contribution in [1.82, 2.24) is 15.2 Å². The molecule has 0 amide bonds. The second kappa shape index (κ2) is 6.75. The molecule has 1 saturated heterocycles. The molecule has 21 heavy (non-hydrogen) atoms. The number of ether oxygens (including phenoxy) is 1. The third-order valence-corrected chi connectivity index (χ3v) is 4.78. The summed E-state index contributed by atoms with van der Waals surface area (Å²) in [4.78, 5) is 7.48. The summed E-state index contributed by atoms with van der Waals surface area (Å²) in [6, 6.07) is 7.40. The minimum absolute atomic E-state index is 0.433. The molecule has 2 fully saturated rings. The van der Waals surface area contributed by atoms with E-state index < -0.39 is 0 Å². The average Bonchev–Trinajstić information content (AvgIpc) is 3.34. The first-order valence-corrected chi connectivity index (χ1v) is 8.24. The number of nitrogens with one attached hydrogen (secondary N) is 1. The van der Waals surface area contributed by atoms with Crippen molar-refractivity contribution < 1.29 is 4.74 Å². The highest BCUT2D eigenvalue weighted by Gasteiger charge is 2.39. The van der Waals surface area contributed by atoms with Crippen LogP contribution in [-0.2, 0) is 0 Å². The Labute approximate surface area is 127 Å². The van der Waals surface area contributed by atoms with Gasteiger partial charge in [-0.1, -0.05) is 12.5 Å². The van der Waals surface area contributed by atoms with Gasteiger partial charge in [0.1, 0.15) is 0 Å². The largest absolute Gasteiger partial charge is 0.481 e. The Balaban J connectivity index is 1.92. The zero-order valence-corrected chi connectivity index (χ0v) is 13.2. The first-order chi connectivity index (χ1) is 10.3. The summed E-state index contributed by atoms with van der Waals surface area (Å²) in [6.45, 7) is 2.28. The van der Waals surface area contributed by atoms with Gasteiger partial charge in [0.05, 0.1) is 18.8 Å². The number of rotatable bonds is 5. The highest BCUT2D eigenvalue weighted by molar-refractivity contribution is 5.20. The molecule has 2 heterocycles. The molecule has 0 bridgehead atoms. The summed E-state index contributed by atoms with van der Waals surface area (Å²) in [5.74, 6) is 1.37. The van der Waals surface area contributed by atoms with E-state index in [1.54, 1.807) is 7.11 Å². The molecule has 1 aromatic heterocycles. The first kappa shape index (κ1) is 14.8. The van der Waals surface area contributed by atoms with Gasteiger partial charge in [-0.3, -0.25) is 4.90 Å². The second-order valence-electron chi connectivity index (χ2n) is 6.33. The molecule has 1 saturated carbocycles. The number of nitrogens with zero attached hydrogens (tertiary/aromatic N) is 2. The van der Waals surface area contributed by atoms with E-state index in [1.807, 2.05) is 6.07 Å². The number of likely N-dealkylation sites (tertiary alicyclic amines) is 1. The predicted octanol–water partition coefficient (Wildman–Crippen LogP) is 2.62. The quantitative estimate of drug-likeness (QED) is 0.904. The molecular formula is C17H27N3O. The van der Waals surface area contributed by atoms with E-state index in [0.29, 0.717) is 12.0 Å². The predicted molar refractivity (Wildman–Crippen MR) is 84.5 cm³/mol. The molecule has 0 aromatic carbocycles. The maximum Gasteiger partial charge on any atom is 0.213 e. The lowest BCUT2D eigenvalue weighted by molar-refractivity contribution is 0.141. The summed E-state index contributed by atoms with van der Waals surface area (Å²) in [6.07, 6.45) is 6.64. The highest BCUT2D eigenvalue weighted by Crippen LogP contribution is 2.41. The molecule has 3 rings (SSSR count). The van der Waals surface area contributed by atoms with Gasteiger partial charge in [0.15, 0.2) is 0 Å². The third-order valence-electron chi connectivity index (χ3n) is 4.78. The summed E-state index contributed by atoms with van der Waals surface area (Å²) in [5.41, 5.74) is 1.18. The van der Waals surface area contributed by atoms with Crippen LogP contribution in [0.1, 0.15) is 43.8 Å². The molecule has 1 N–H and O–H groups in total. The van der Waals surface area contributed by atoms with E-state index in [1.165, 1.54) is 44.3 Å². The van der Waals surface area contributed by atoms with Crippen molar-refractivity contribution in [2.24, 2.45) is 5.92 Å². The monoisotopic (exact) mass is 289 g/mol. The van der Waals surface area contributed by atoms with Gasteiger partial charge in [0.25, 0.3) is 0 Å². The number of methoxy groups -OCH3 is 1. The van der Waals surface area contributed by atoms with Gasteiger partial charge in [-0.15, -0.1) is 0 Å². The maximum atomic E-state index is 5.34. The van der Waals surface area contributed by atoms with E-state index in [2.05, 4.69) is 29.4 Å². The Hall–Kier alpha value is -1.13. The fourth-order valence-electron chi connectivity index (χ4n) is 3.68. The first-order valence-electron chi connectivity index (χ1n) is 8.24. The average molecular weight is 289 g/mol. The minimum atomic E-state index is 0.433. The number of hydrogen-bond acceptors (Lipinski definition) is 4. The summed E-state index contributed by atoms with van der Waals surface area (Å²) in [5, 5.41) is 3.39. The molecule has 116 valence electrons. The van der Waals surface area contributed by atoms with Crippen molar-refractivity contribution in [3.8, 4) is 5.88 Å². The Kier molecular flexibility index (Phi) is 4.76. The van der Waals surface area contributed by atoms with Crippen LogP contribution >= 0.6 is 0 Å². The van der Waals surface area contributed by atoms with E-state index in [-0.39, 0.29) is 0 Å². The van der Waals surface area contributed by atoms with Gasteiger partial charge in [0.2, 0.25) is 5.88 Å². The van der Waals surface area contributed by atoms with Crippen molar-refractivity contribution in [3.63, 3.8) is 0 Å². The van der Waals surface area contributed by atoms with Crippen LogP contribution in [0.2, 0.25) is 0 Å². The van der Waals surface area contributed by atoms with Gasteiger partial charge >= 0.3 is 0 Å². The lowest BCUT2D eigenvalue weighted by Crippen LogP contribution is -2.38. The minimum Gasteiger partial charge on any atom is -0.481 e. The summed E-state index contributed by atoms with van der Waals surface area (Å²) in [7, 11) is 3.76. The lowest BCUT2D eigenvalue weighted by atomic mass is 9.91. The van der Waals surface area contributed by atoms with E-state index in [4.69, 9.17) is 9.72 Å². The SMILES string of the molecule is CNCC1CCCCN(C2CC2)C1c1cccc(OC)n1. The summed E-state index contributed by atoms with van der Waals surface area (Å²) < 4.78 is 5.34.